The van der Waals surface area contributed by atoms with Crippen LogP contribution in [0.2, 0.25) is 0 Å². The van der Waals surface area contributed by atoms with Crippen molar-refractivity contribution in [2.24, 2.45) is 11.8 Å². The number of hydrogen-bond donors (Lipinski definition) is 1. The third kappa shape index (κ3) is 4.81. The van der Waals surface area contributed by atoms with E-state index in [1.165, 1.54) is 0 Å². The van der Waals surface area contributed by atoms with E-state index in [0.29, 0.717) is 6.42 Å². The van der Waals surface area contributed by atoms with Crippen molar-refractivity contribution < 1.29 is 19.4 Å². The van der Waals surface area contributed by atoms with E-state index in [0.717, 1.165) is 6.42 Å². The Balaban J connectivity index is 4.28. The van der Waals surface area contributed by atoms with Gasteiger partial charge in [0.15, 0.2) is 0 Å². The second-order valence-corrected chi connectivity index (χ2v) is 3.48. The Kier molecular flexibility index (Phi) is 6.75. The smallest absolute Gasteiger partial charge is 0.309 e. The number of aliphatic carboxylic acids is 1. The van der Waals surface area contributed by atoms with E-state index in [1.54, 1.807) is 6.92 Å². The second-order valence-electron chi connectivity index (χ2n) is 3.48. The van der Waals surface area contributed by atoms with Crippen molar-refractivity contribution in [3.05, 3.63) is 6.92 Å². The van der Waals surface area contributed by atoms with Gasteiger partial charge in [0, 0.05) is 0 Å². The molecule has 4 nitrogen and oxygen atoms in total. The fraction of sp³-hybridized carbons (Fsp3) is 0.727. The third-order valence-corrected chi connectivity index (χ3v) is 2.25. The van der Waals surface area contributed by atoms with Crippen LogP contribution in [0.15, 0.2) is 0 Å². The average Bonchev–Trinajstić information content (AvgIpc) is 2.21. The molecule has 0 fully saturated rings. The zero-order valence-corrected chi connectivity index (χ0v) is 9.23. The van der Waals surface area contributed by atoms with E-state index in [9.17, 15) is 9.59 Å². The topological polar surface area (TPSA) is 63.6 Å². The van der Waals surface area contributed by atoms with Gasteiger partial charge in [0.25, 0.3) is 0 Å². The lowest BCUT2D eigenvalue weighted by atomic mass is 9.90. The first-order chi connectivity index (χ1) is 7.04. The zero-order valence-electron chi connectivity index (χ0n) is 9.23. The molecule has 0 aliphatic heterocycles. The van der Waals surface area contributed by atoms with Crippen molar-refractivity contribution in [3.8, 4) is 0 Å². The third-order valence-electron chi connectivity index (χ3n) is 2.25. The van der Waals surface area contributed by atoms with E-state index in [4.69, 9.17) is 16.8 Å². The van der Waals surface area contributed by atoms with Crippen LogP contribution in [0.3, 0.4) is 0 Å². The predicted octanol–water partition coefficient (Wildman–Crippen LogP) is 1.77. The fourth-order valence-corrected chi connectivity index (χ4v) is 1.35. The summed E-state index contributed by atoms with van der Waals surface area (Å²) in [5.41, 5.74) is 0. The molecule has 0 rings (SSSR count). The van der Waals surface area contributed by atoms with Gasteiger partial charge in [-0.15, -0.1) is 0 Å². The Morgan fingerprint density at radius 1 is 1.47 bits per heavy atom. The van der Waals surface area contributed by atoms with Gasteiger partial charge < -0.3 is 9.84 Å². The molecular weight excluding hydrogens is 196 g/mol. The number of carbonyl (C=O) groups is 2. The molecule has 2 unspecified atom stereocenters. The SMILES string of the molecule is [CH]CCOC(=O)C(C)C(CCC)C(=O)O. The molecule has 86 valence electrons. The maximum Gasteiger partial charge on any atom is 0.309 e. The first kappa shape index (κ1) is 13.9. The van der Waals surface area contributed by atoms with Crippen molar-refractivity contribution in [2.75, 3.05) is 6.61 Å². The average molecular weight is 214 g/mol. The quantitative estimate of drug-likeness (QED) is 0.656. The molecule has 2 radical (unpaired) electrons. The fourth-order valence-electron chi connectivity index (χ4n) is 1.35. The molecule has 0 spiro atoms. The van der Waals surface area contributed by atoms with E-state index in [-0.39, 0.29) is 13.0 Å². The molecule has 0 aromatic carbocycles. The van der Waals surface area contributed by atoms with E-state index < -0.39 is 23.8 Å². The summed E-state index contributed by atoms with van der Waals surface area (Å²) < 4.78 is 4.80. The zero-order chi connectivity index (χ0) is 11.8. The van der Waals surface area contributed by atoms with Gasteiger partial charge in [0.2, 0.25) is 0 Å². The molecule has 1 N–H and O–H groups in total. The van der Waals surface area contributed by atoms with Crippen LogP contribution in [0.1, 0.15) is 33.1 Å². The van der Waals surface area contributed by atoms with Gasteiger partial charge in [-0.3, -0.25) is 9.59 Å². The van der Waals surface area contributed by atoms with Gasteiger partial charge in [-0.1, -0.05) is 20.3 Å². The van der Waals surface area contributed by atoms with E-state index in [2.05, 4.69) is 0 Å². The number of carboxylic acids is 1. The number of rotatable bonds is 7. The molecule has 0 amide bonds. The first-order valence-corrected chi connectivity index (χ1v) is 5.14. The maximum absolute atomic E-state index is 11.4. The summed E-state index contributed by atoms with van der Waals surface area (Å²) in [7, 11) is 0. The molecule has 0 bridgehead atoms. The molecule has 15 heavy (non-hydrogen) atoms. The van der Waals surface area contributed by atoms with Crippen LogP contribution >= 0.6 is 0 Å². The molecule has 4 heteroatoms. The highest BCUT2D eigenvalue weighted by molar-refractivity contribution is 5.80. The number of carboxylic acid groups (broad SMARTS) is 1. The highest BCUT2D eigenvalue weighted by atomic mass is 16.5. The van der Waals surface area contributed by atoms with Crippen LogP contribution in [0, 0.1) is 18.8 Å². The van der Waals surface area contributed by atoms with Gasteiger partial charge in [-0.2, -0.15) is 0 Å². The minimum atomic E-state index is -0.950. The molecule has 0 aliphatic carbocycles. The lowest BCUT2D eigenvalue weighted by Crippen LogP contribution is -2.29. The second kappa shape index (κ2) is 7.26. The van der Waals surface area contributed by atoms with Gasteiger partial charge in [-0.25, -0.2) is 0 Å². The number of hydrogen-bond acceptors (Lipinski definition) is 3. The summed E-state index contributed by atoms with van der Waals surface area (Å²) in [6.45, 7) is 8.78. The van der Waals surface area contributed by atoms with Crippen molar-refractivity contribution in [2.45, 2.75) is 33.1 Å². The number of esters is 1. The maximum atomic E-state index is 11.4. The standard InChI is InChI=1S/C11H18O4/c1-4-6-9(10(12)13)8(3)11(14)15-7-5-2/h2,8-9H,4-7H2,1,3H3,(H,12,13). The molecule has 0 aromatic heterocycles. The summed E-state index contributed by atoms with van der Waals surface area (Å²) in [4.78, 5) is 22.3. The van der Waals surface area contributed by atoms with Crippen LogP contribution in [0.25, 0.3) is 0 Å². The summed E-state index contributed by atoms with van der Waals surface area (Å²) in [6.07, 6.45) is 1.46. The normalized spacial score (nSPS) is 14.3. The minimum Gasteiger partial charge on any atom is -0.481 e. The molecule has 0 aromatic rings. The molecule has 0 saturated heterocycles. The van der Waals surface area contributed by atoms with Crippen LogP contribution in [-0.2, 0) is 14.3 Å². The summed E-state index contributed by atoms with van der Waals surface area (Å²) in [5.74, 6) is -2.72. The Bertz CT molecular complexity index is 213. The van der Waals surface area contributed by atoms with Gasteiger partial charge in [0.05, 0.1) is 18.4 Å². The summed E-state index contributed by atoms with van der Waals surface area (Å²) >= 11 is 0. The lowest BCUT2D eigenvalue weighted by Gasteiger charge is -2.18. The van der Waals surface area contributed by atoms with Crippen LogP contribution in [0.5, 0.6) is 0 Å². The molecule has 0 heterocycles. The highest BCUT2D eigenvalue weighted by Gasteiger charge is 2.30. The van der Waals surface area contributed by atoms with Gasteiger partial charge >= 0.3 is 11.9 Å². The number of carbonyl (C=O) groups excluding carboxylic acids is 1. The molecule has 0 aliphatic rings. The van der Waals surface area contributed by atoms with Gasteiger partial charge in [0.1, 0.15) is 0 Å². The van der Waals surface area contributed by atoms with Crippen LogP contribution in [0.4, 0.5) is 0 Å². The van der Waals surface area contributed by atoms with E-state index in [1.807, 2.05) is 6.92 Å². The Labute approximate surface area is 90.6 Å². The Morgan fingerprint density at radius 2 is 2.07 bits per heavy atom. The largest absolute Gasteiger partial charge is 0.481 e. The Morgan fingerprint density at radius 3 is 2.47 bits per heavy atom. The Hall–Kier alpha value is -1.06. The highest BCUT2D eigenvalue weighted by Crippen LogP contribution is 2.19. The predicted molar refractivity (Wildman–Crippen MR) is 55.1 cm³/mol. The molecular formula is C11H18O4. The molecule has 0 saturated carbocycles. The molecule has 2 atom stereocenters. The van der Waals surface area contributed by atoms with Crippen LogP contribution < -0.4 is 0 Å². The number of ether oxygens (including phenoxy) is 1. The van der Waals surface area contributed by atoms with Crippen molar-refractivity contribution in [1.29, 1.82) is 0 Å². The van der Waals surface area contributed by atoms with Crippen LogP contribution in [-0.4, -0.2) is 23.7 Å². The minimum absolute atomic E-state index is 0.141. The lowest BCUT2D eigenvalue weighted by molar-refractivity contribution is -0.157. The van der Waals surface area contributed by atoms with Crippen molar-refractivity contribution in [1.82, 2.24) is 0 Å². The summed E-state index contributed by atoms with van der Waals surface area (Å²) in [5, 5.41) is 8.92. The van der Waals surface area contributed by atoms with Crippen molar-refractivity contribution >= 4 is 11.9 Å². The van der Waals surface area contributed by atoms with Gasteiger partial charge in [-0.05, 0) is 19.8 Å². The van der Waals surface area contributed by atoms with E-state index >= 15 is 0 Å². The summed E-state index contributed by atoms with van der Waals surface area (Å²) in [6, 6.07) is 0. The monoisotopic (exact) mass is 214 g/mol. The first-order valence-electron chi connectivity index (χ1n) is 5.14. The van der Waals surface area contributed by atoms with Crippen molar-refractivity contribution in [3.63, 3.8) is 0 Å².